The molecule has 9 heteroatoms. The minimum Gasteiger partial charge on any atom is -0.493 e. The van der Waals surface area contributed by atoms with Crippen molar-refractivity contribution in [2.75, 3.05) is 34.0 Å². The molecule has 0 aliphatic heterocycles. The first kappa shape index (κ1) is 21.2. The van der Waals surface area contributed by atoms with Crippen LogP contribution in [-0.4, -0.2) is 54.3 Å². The second kappa shape index (κ2) is 10.2. The molecule has 0 fully saturated rings. The molecule has 1 unspecified atom stereocenters. The molecule has 0 aliphatic carbocycles. The Kier molecular flexibility index (Phi) is 8.67. The number of carbonyl (C=O) groups excluding carboxylic acids is 1. The van der Waals surface area contributed by atoms with Crippen LogP contribution in [0.1, 0.15) is 20.3 Å². The van der Waals surface area contributed by atoms with Gasteiger partial charge in [0, 0.05) is 25.8 Å². The molecule has 0 saturated heterocycles. The van der Waals surface area contributed by atoms with Crippen LogP contribution in [0.15, 0.2) is 23.1 Å². The summed E-state index contributed by atoms with van der Waals surface area (Å²) >= 11 is 0. The zero-order valence-electron chi connectivity index (χ0n) is 15.0. The van der Waals surface area contributed by atoms with Gasteiger partial charge in [-0.1, -0.05) is 0 Å². The molecule has 0 aliphatic rings. The number of methoxy groups -OCH3 is 2. The second-order valence-corrected chi connectivity index (χ2v) is 6.92. The van der Waals surface area contributed by atoms with Gasteiger partial charge in [-0.05, 0) is 32.4 Å². The first-order valence-corrected chi connectivity index (χ1v) is 9.43. The van der Waals surface area contributed by atoms with Gasteiger partial charge in [-0.2, -0.15) is 4.72 Å². The van der Waals surface area contributed by atoms with E-state index in [1.807, 2.05) is 6.92 Å². The van der Waals surface area contributed by atoms with Crippen molar-refractivity contribution in [3.63, 3.8) is 0 Å². The highest BCUT2D eigenvalue weighted by Crippen LogP contribution is 2.29. The van der Waals surface area contributed by atoms with Gasteiger partial charge in [-0.3, -0.25) is 4.79 Å². The van der Waals surface area contributed by atoms with Gasteiger partial charge in [0.15, 0.2) is 11.5 Å². The normalized spacial score (nSPS) is 12.5. The van der Waals surface area contributed by atoms with Crippen LogP contribution in [0.5, 0.6) is 11.5 Å². The lowest BCUT2D eigenvalue weighted by atomic mass is 10.3. The largest absolute Gasteiger partial charge is 0.493 e. The fourth-order valence-corrected chi connectivity index (χ4v) is 3.24. The van der Waals surface area contributed by atoms with Gasteiger partial charge in [-0.25, -0.2) is 8.42 Å². The lowest BCUT2D eigenvalue weighted by molar-refractivity contribution is -0.122. The minimum atomic E-state index is -3.87. The zero-order chi connectivity index (χ0) is 18.9. The summed E-state index contributed by atoms with van der Waals surface area (Å²) in [5.74, 6) is 0.306. The van der Waals surface area contributed by atoms with Crippen molar-refractivity contribution < 1.29 is 27.4 Å². The van der Waals surface area contributed by atoms with E-state index in [0.29, 0.717) is 37.7 Å². The van der Waals surface area contributed by atoms with E-state index in [-0.39, 0.29) is 4.90 Å². The van der Waals surface area contributed by atoms with E-state index in [0.717, 1.165) is 0 Å². The smallest absolute Gasteiger partial charge is 0.241 e. The molecule has 0 spiro atoms. The maximum Gasteiger partial charge on any atom is 0.241 e. The lowest BCUT2D eigenvalue weighted by Gasteiger charge is -2.15. The molecule has 0 radical (unpaired) electrons. The van der Waals surface area contributed by atoms with E-state index in [4.69, 9.17) is 14.2 Å². The average molecular weight is 374 g/mol. The Bertz CT molecular complexity index is 663. The number of ether oxygens (including phenoxy) is 3. The van der Waals surface area contributed by atoms with Crippen LogP contribution in [-0.2, 0) is 19.6 Å². The van der Waals surface area contributed by atoms with E-state index in [9.17, 15) is 13.2 Å². The molecule has 1 amide bonds. The molecular formula is C16H26N2O6S. The van der Waals surface area contributed by atoms with Crippen molar-refractivity contribution in [3.05, 3.63) is 18.2 Å². The highest BCUT2D eigenvalue weighted by atomic mass is 32.2. The summed E-state index contributed by atoms with van der Waals surface area (Å²) in [4.78, 5) is 12.0. The summed E-state index contributed by atoms with van der Waals surface area (Å²) < 4.78 is 42.5. The van der Waals surface area contributed by atoms with Gasteiger partial charge in [0.2, 0.25) is 15.9 Å². The Balaban J connectivity index is 2.68. The Morgan fingerprint density at radius 1 is 1.20 bits per heavy atom. The monoisotopic (exact) mass is 374 g/mol. The predicted molar refractivity (Wildman–Crippen MR) is 93.4 cm³/mol. The fourth-order valence-electron chi connectivity index (χ4n) is 2.02. The van der Waals surface area contributed by atoms with Crippen molar-refractivity contribution >= 4 is 15.9 Å². The summed E-state index contributed by atoms with van der Waals surface area (Å²) in [6.45, 7) is 4.96. The molecule has 0 aromatic heterocycles. The number of carbonyl (C=O) groups is 1. The fraction of sp³-hybridized carbons (Fsp3) is 0.562. The minimum absolute atomic E-state index is 0.0128. The Hall–Kier alpha value is -1.84. The number of rotatable bonds is 11. The number of sulfonamides is 1. The molecule has 0 heterocycles. The van der Waals surface area contributed by atoms with Gasteiger partial charge in [-0.15, -0.1) is 0 Å². The van der Waals surface area contributed by atoms with Gasteiger partial charge < -0.3 is 19.5 Å². The topological polar surface area (TPSA) is 103 Å². The van der Waals surface area contributed by atoms with Crippen molar-refractivity contribution in [2.45, 2.75) is 31.2 Å². The van der Waals surface area contributed by atoms with E-state index in [1.165, 1.54) is 39.3 Å². The third-order valence-electron chi connectivity index (χ3n) is 3.36. The lowest BCUT2D eigenvalue weighted by Crippen LogP contribution is -2.45. The quantitative estimate of drug-likeness (QED) is 0.558. The molecule has 8 nitrogen and oxygen atoms in total. The molecular weight excluding hydrogens is 348 g/mol. The van der Waals surface area contributed by atoms with Crippen molar-refractivity contribution in [2.24, 2.45) is 0 Å². The SMILES string of the molecule is CCOCCCNC(=O)C(C)NS(=O)(=O)c1ccc(OC)c(OC)c1. The van der Waals surface area contributed by atoms with Crippen LogP contribution in [0.3, 0.4) is 0 Å². The second-order valence-electron chi connectivity index (χ2n) is 5.20. The molecule has 25 heavy (non-hydrogen) atoms. The number of amides is 1. The van der Waals surface area contributed by atoms with Gasteiger partial charge in [0.1, 0.15) is 0 Å². The average Bonchev–Trinajstić information content (AvgIpc) is 2.60. The van der Waals surface area contributed by atoms with Crippen LogP contribution >= 0.6 is 0 Å². The summed E-state index contributed by atoms with van der Waals surface area (Å²) in [5, 5.41) is 2.67. The summed E-state index contributed by atoms with van der Waals surface area (Å²) in [5.41, 5.74) is 0. The number of benzene rings is 1. The van der Waals surface area contributed by atoms with Crippen molar-refractivity contribution in [1.82, 2.24) is 10.0 Å². The van der Waals surface area contributed by atoms with Crippen LogP contribution in [0.2, 0.25) is 0 Å². The van der Waals surface area contributed by atoms with E-state index in [1.54, 1.807) is 0 Å². The van der Waals surface area contributed by atoms with E-state index in [2.05, 4.69) is 10.0 Å². The molecule has 142 valence electrons. The third kappa shape index (κ3) is 6.52. The van der Waals surface area contributed by atoms with E-state index >= 15 is 0 Å². The molecule has 1 aromatic rings. The van der Waals surface area contributed by atoms with Crippen LogP contribution in [0, 0.1) is 0 Å². The summed E-state index contributed by atoms with van der Waals surface area (Å²) in [6.07, 6.45) is 0.661. The third-order valence-corrected chi connectivity index (χ3v) is 4.90. The Morgan fingerprint density at radius 2 is 1.88 bits per heavy atom. The highest BCUT2D eigenvalue weighted by Gasteiger charge is 2.23. The zero-order valence-corrected chi connectivity index (χ0v) is 15.8. The molecule has 0 bridgehead atoms. The maximum absolute atomic E-state index is 12.4. The molecule has 1 atom stereocenters. The van der Waals surface area contributed by atoms with Crippen molar-refractivity contribution in [1.29, 1.82) is 0 Å². The number of hydrogen-bond donors (Lipinski definition) is 2. The molecule has 2 N–H and O–H groups in total. The maximum atomic E-state index is 12.4. The van der Waals surface area contributed by atoms with Gasteiger partial charge in [0.05, 0.1) is 25.2 Å². The number of hydrogen-bond acceptors (Lipinski definition) is 6. The van der Waals surface area contributed by atoms with Crippen LogP contribution in [0.4, 0.5) is 0 Å². The summed E-state index contributed by atoms with van der Waals surface area (Å²) in [6, 6.07) is 3.31. The molecule has 0 saturated carbocycles. The first-order chi connectivity index (χ1) is 11.9. The van der Waals surface area contributed by atoms with Crippen molar-refractivity contribution in [3.8, 4) is 11.5 Å². The standard InChI is InChI=1S/C16H26N2O6S/c1-5-24-10-6-9-17-16(19)12(2)18-25(20,21)13-7-8-14(22-3)15(11-13)23-4/h7-8,11-12,18H,5-6,9-10H2,1-4H3,(H,17,19). The number of nitrogens with one attached hydrogen (secondary N) is 2. The molecule has 1 aromatic carbocycles. The van der Waals surface area contributed by atoms with Crippen LogP contribution < -0.4 is 19.5 Å². The van der Waals surface area contributed by atoms with Gasteiger partial charge in [0.25, 0.3) is 0 Å². The van der Waals surface area contributed by atoms with Gasteiger partial charge >= 0.3 is 0 Å². The van der Waals surface area contributed by atoms with Crippen LogP contribution in [0.25, 0.3) is 0 Å². The molecule has 1 rings (SSSR count). The van der Waals surface area contributed by atoms with E-state index < -0.39 is 22.0 Å². The predicted octanol–water partition coefficient (Wildman–Crippen LogP) is 0.913. The highest BCUT2D eigenvalue weighted by molar-refractivity contribution is 7.89. The Labute approximate surface area is 148 Å². The first-order valence-electron chi connectivity index (χ1n) is 7.95. The Morgan fingerprint density at radius 3 is 2.48 bits per heavy atom. The summed E-state index contributed by atoms with van der Waals surface area (Å²) in [7, 11) is -0.995.